The van der Waals surface area contributed by atoms with Gasteiger partial charge in [-0.2, -0.15) is 0 Å². The number of halogens is 1. The molecule has 2 nitrogen and oxygen atoms in total. The topological polar surface area (TPSA) is 29.3 Å². The van der Waals surface area contributed by atoms with Crippen LogP contribution in [0.15, 0.2) is 42.5 Å². The van der Waals surface area contributed by atoms with Gasteiger partial charge in [-0.1, -0.05) is 25.1 Å². The molecule has 2 N–H and O–H groups in total. The molecule has 0 atom stereocenters. The fraction of sp³-hybridized carbons (Fsp3) is 0.250. The molecule has 0 saturated carbocycles. The maximum absolute atomic E-state index is 13.7. The molecular formula is C16H19FN2. The first-order valence-corrected chi connectivity index (χ1v) is 6.44. The Bertz CT molecular complexity index is 529. The number of benzene rings is 2. The number of nitrogen functional groups attached to an aromatic ring is 1. The third-order valence-electron chi connectivity index (χ3n) is 3.34. The van der Waals surface area contributed by atoms with Crippen LogP contribution in [0.2, 0.25) is 0 Å². The van der Waals surface area contributed by atoms with Gasteiger partial charge in [0, 0.05) is 30.5 Å². The SMILES string of the molecule is CCc1ccc(N(C)Cc2c(N)cccc2F)cc1. The van der Waals surface area contributed by atoms with E-state index >= 15 is 0 Å². The lowest BCUT2D eigenvalue weighted by Crippen LogP contribution is -2.18. The minimum absolute atomic E-state index is 0.253. The van der Waals surface area contributed by atoms with Crippen molar-refractivity contribution in [2.24, 2.45) is 0 Å². The van der Waals surface area contributed by atoms with E-state index < -0.39 is 0 Å². The summed E-state index contributed by atoms with van der Waals surface area (Å²) in [4.78, 5) is 1.99. The van der Waals surface area contributed by atoms with Crippen molar-refractivity contribution in [1.82, 2.24) is 0 Å². The number of aryl methyl sites for hydroxylation is 1. The summed E-state index contributed by atoms with van der Waals surface area (Å²) in [7, 11) is 1.94. The normalized spacial score (nSPS) is 10.5. The number of hydrogen-bond acceptors (Lipinski definition) is 2. The summed E-state index contributed by atoms with van der Waals surface area (Å²) in [5.41, 5.74) is 9.22. The standard InChI is InChI=1S/C16H19FN2/c1-3-12-7-9-13(10-8-12)19(2)11-14-15(17)5-4-6-16(14)18/h4-10H,3,11,18H2,1-2H3. The fourth-order valence-corrected chi connectivity index (χ4v) is 2.06. The Kier molecular flexibility index (Phi) is 4.05. The number of hydrogen-bond donors (Lipinski definition) is 1. The van der Waals surface area contributed by atoms with Crippen LogP contribution in [0.25, 0.3) is 0 Å². The molecule has 19 heavy (non-hydrogen) atoms. The van der Waals surface area contributed by atoms with Gasteiger partial charge in [0.15, 0.2) is 0 Å². The van der Waals surface area contributed by atoms with E-state index in [-0.39, 0.29) is 5.82 Å². The molecule has 0 bridgehead atoms. The number of nitrogens with zero attached hydrogens (tertiary/aromatic N) is 1. The van der Waals surface area contributed by atoms with Crippen LogP contribution in [0.1, 0.15) is 18.1 Å². The zero-order valence-corrected chi connectivity index (χ0v) is 11.4. The average Bonchev–Trinajstić information content (AvgIpc) is 2.43. The molecule has 2 rings (SSSR count). The Hall–Kier alpha value is -2.03. The third kappa shape index (κ3) is 3.05. The minimum Gasteiger partial charge on any atom is -0.398 e. The molecule has 0 aromatic heterocycles. The van der Waals surface area contributed by atoms with Gasteiger partial charge in [0.05, 0.1) is 0 Å². The summed E-state index contributed by atoms with van der Waals surface area (Å²) < 4.78 is 13.7. The number of anilines is 2. The highest BCUT2D eigenvalue weighted by Crippen LogP contribution is 2.21. The van der Waals surface area contributed by atoms with Gasteiger partial charge in [-0.25, -0.2) is 4.39 Å². The van der Waals surface area contributed by atoms with Crippen LogP contribution in [-0.4, -0.2) is 7.05 Å². The van der Waals surface area contributed by atoms with Gasteiger partial charge in [-0.15, -0.1) is 0 Å². The van der Waals surface area contributed by atoms with Gasteiger partial charge >= 0.3 is 0 Å². The zero-order valence-electron chi connectivity index (χ0n) is 11.4. The Labute approximate surface area is 113 Å². The zero-order chi connectivity index (χ0) is 13.8. The van der Waals surface area contributed by atoms with Crippen LogP contribution in [0.5, 0.6) is 0 Å². The smallest absolute Gasteiger partial charge is 0.130 e. The van der Waals surface area contributed by atoms with Crippen LogP contribution < -0.4 is 10.6 Å². The molecule has 0 radical (unpaired) electrons. The van der Waals surface area contributed by atoms with Gasteiger partial charge in [0.1, 0.15) is 5.82 Å². The molecule has 0 saturated heterocycles. The summed E-state index contributed by atoms with van der Waals surface area (Å²) in [6.07, 6.45) is 1.02. The lowest BCUT2D eigenvalue weighted by Gasteiger charge is -2.21. The first-order chi connectivity index (χ1) is 9.11. The van der Waals surface area contributed by atoms with Crippen LogP contribution in [0.4, 0.5) is 15.8 Å². The summed E-state index contributed by atoms with van der Waals surface area (Å²) in [5.74, 6) is -0.253. The molecule has 3 heteroatoms. The molecule has 100 valence electrons. The summed E-state index contributed by atoms with van der Waals surface area (Å²) >= 11 is 0. The molecular weight excluding hydrogens is 239 g/mol. The summed E-state index contributed by atoms with van der Waals surface area (Å²) in [5, 5.41) is 0. The predicted octanol–water partition coefficient (Wildman–Crippen LogP) is 3.61. The van der Waals surface area contributed by atoms with E-state index in [0.717, 1.165) is 12.1 Å². The molecule has 2 aromatic carbocycles. The highest BCUT2D eigenvalue weighted by atomic mass is 19.1. The Morgan fingerprint density at radius 2 is 1.79 bits per heavy atom. The van der Waals surface area contributed by atoms with Crippen molar-refractivity contribution in [3.05, 3.63) is 59.4 Å². The minimum atomic E-state index is -0.253. The molecule has 0 amide bonds. The van der Waals surface area contributed by atoms with E-state index in [1.165, 1.54) is 11.6 Å². The van der Waals surface area contributed by atoms with E-state index in [9.17, 15) is 4.39 Å². The largest absolute Gasteiger partial charge is 0.398 e. The van der Waals surface area contributed by atoms with E-state index in [0.29, 0.717) is 17.8 Å². The maximum Gasteiger partial charge on any atom is 0.130 e. The van der Waals surface area contributed by atoms with Crippen molar-refractivity contribution >= 4 is 11.4 Å². The van der Waals surface area contributed by atoms with Crippen molar-refractivity contribution in [3.8, 4) is 0 Å². The van der Waals surface area contributed by atoms with Crippen LogP contribution in [0.3, 0.4) is 0 Å². The number of nitrogens with two attached hydrogens (primary N) is 1. The van der Waals surface area contributed by atoms with Gasteiger partial charge in [-0.3, -0.25) is 0 Å². The highest BCUT2D eigenvalue weighted by molar-refractivity contribution is 5.52. The average molecular weight is 258 g/mol. The monoisotopic (exact) mass is 258 g/mol. The fourth-order valence-electron chi connectivity index (χ4n) is 2.06. The maximum atomic E-state index is 13.7. The summed E-state index contributed by atoms with van der Waals surface area (Å²) in [6.45, 7) is 2.59. The Morgan fingerprint density at radius 3 is 2.37 bits per heavy atom. The molecule has 0 spiro atoms. The molecule has 0 aliphatic carbocycles. The van der Waals surface area contributed by atoms with Crippen molar-refractivity contribution in [1.29, 1.82) is 0 Å². The molecule has 0 aliphatic rings. The quantitative estimate of drug-likeness (QED) is 0.849. The van der Waals surface area contributed by atoms with E-state index in [1.807, 2.05) is 11.9 Å². The van der Waals surface area contributed by atoms with Crippen molar-refractivity contribution in [3.63, 3.8) is 0 Å². The van der Waals surface area contributed by atoms with E-state index in [2.05, 4.69) is 31.2 Å². The Balaban J connectivity index is 2.18. The van der Waals surface area contributed by atoms with Crippen LogP contribution >= 0.6 is 0 Å². The van der Waals surface area contributed by atoms with Gasteiger partial charge < -0.3 is 10.6 Å². The van der Waals surface area contributed by atoms with Crippen molar-refractivity contribution in [2.45, 2.75) is 19.9 Å². The van der Waals surface area contributed by atoms with Crippen molar-refractivity contribution < 1.29 is 4.39 Å². The van der Waals surface area contributed by atoms with Gasteiger partial charge in [-0.05, 0) is 36.2 Å². The van der Waals surface area contributed by atoms with Crippen molar-refractivity contribution in [2.75, 3.05) is 17.7 Å². The first-order valence-electron chi connectivity index (χ1n) is 6.44. The number of rotatable bonds is 4. The van der Waals surface area contributed by atoms with Crippen LogP contribution in [-0.2, 0) is 13.0 Å². The molecule has 0 fully saturated rings. The second-order valence-electron chi connectivity index (χ2n) is 4.68. The molecule has 2 aromatic rings. The predicted molar refractivity (Wildman–Crippen MR) is 78.7 cm³/mol. The van der Waals surface area contributed by atoms with Crippen LogP contribution in [0, 0.1) is 5.82 Å². The van der Waals surface area contributed by atoms with Gasteiger partial charge in [0.2, 0.25) is 0 Å². The van der Waals surface area contributed by atoms with E-state index in [4.69, 9.17) is 5.73 Å². The second kappa shape index (κ2) is 5.74. The Morgan fingerprint density at radius 1 is 1.11 bits per heavy atom. The highest BCUT2D eigenvalue weighted by Gasteiger charge is 2.09. The molecule has 0 aliphatic heterocycles. The summed E-state index contributed by atoms with van der Waals surface area (Å²) in [6, 6.07) is 13.1. The lowest BCUT2D eigenvalue weighted by atomic mass is 10.1. The molecule has 0 heterocycles. The van der Waals surface area contributed by atoms with E-state index in [1.54, 1.807) is 12.1 Å². The second-order valence-corrected chi connectivity index (χ2v) is 4.68. The molecule has 0 unspecified atom stereocenters. The third-order valence-corrected chi connectivity index (χ3v) is 3.34. The first kappa shape index (κ1) is 13.4. The lowest BCUT2D eigenvalue weighted by molar-refractivity contribution is 0.609. The van der Waals surface area contributed by atoms with Gasteiger partial charge in [0.25, 0.3) is 0 Å².